The van der Waals surface area contributed by atoms with Crippen LogP contribution in [-0.4, -0.2) is 23.9 Å². The minimum Gasteiger partial charge on any atom is -0.352 e. The van der Waals surface area contributed by atoms with Crippen molar-refractivity contribution in [1.82, 2.24) is 5.32 Å². The fourth-order valence-electron chi connectivity index (χ4n) is 1.20. The molecule has 1 rings (SSSR count). The Morgan fingerprint density at radius 1 is 1.53 bits per heavy atom. The molecule has 1 aromatic carbocycles. The standard InChI is InChI=1S/C10H12FN3O3/c11-8-3-2-7(6-9(8)14(16)17)10(15)13-5-1-4-12/h2-3,6H,1,4-5,12H2,(H,13,15). The first-order valence-corrected chi connectivity index (χ1v) is 4.98. The van der Waals surface area contributed by atoms with E-state index in [9.17, 15) is 19.3 Å². The third kappa shape index (κ3) is 3.49. The number of nitrogens with one attached hydrogen (secondary N) is 1. The molecule has 0 bridgehead atoms. The summed E-state index contributed by atoms with van der Waals surface area (Å²) in [6, 6.07) is 3.00. The normalized spacial score (nSPS) is 10.0. The van der Waals surface area contributed by atoms with Crippen molar-refractivity contribution in [2.75, 3.05) is 13.1 Å². The van der Waals surface area contributed by atoms with Gasteiger partial charge < -0.3 is 11.1 Å². The number of nitro benzene ring substituents is 1. The van der Waals surface area contributed by atoms with Gasteiger partial charge >= 0.3 is 5.69 Å². The number of benzene rings is 1. The first-order chi connectivity index (χ1) is 8.06. The zero-order chi connectivity index (χ0) is 12.8. The van der Waals surface area contributed by atoms with Crippen molar-refractivity contribution < 1.29 is 14.1 Å². The minimum absolute atomic E-state index is 0.0510. The zero-order valence-corrected chi connectivity index (χ0v) is 8.98. The van der Waals surface area contributed by atoms with Gasteiger partial charge in [0.05, 0.1) is 4.92 Å². The number of halogens is 1. The molecule has 1 aromatic rings. The van der Waals surface area contributed by atoms with Gasteiger partial charge in [0.15, 0.2) is 0 Å². The summed E-state index contributed by atoms with van der Waals surface area (Å²) in [5.74, 6) is -1.45. The number of hydrogen-bond acceptors (Lipinski definition) is 4. The van der Waals surface area contributed by atoms with Gasteiger partial charge in [-0.05, 0) is 25.1 Å². The van der Waals surface area contributed by atoms with E-state index < -0.39 is 22.3 Å². The molecule has 6 nitrogen and oxygen atoms in total. The van der Waals surface area contributed by atoms with Crippen molar-refractivity contribution in [3.05, 3.63) is 39.7 Å². The number of carbonyl (C=O) groups is 1. The van der Waals surface area contributed by atoms with E-state index in [1.807, 2.05) is 0 Å². The fourth-order valence-corrected chi connectivity index (χ4v) is 1.20. The zero-order valence-electron chi connectivity index (χ0n) is 8.98. The van der Waals surface area contributed by atoms with Crippen LogP contribution >= 0.6 is 0 Å². The summed E-state index contributed by atoms with van der Waals surface area (Å²) in [6.07, 6.45) is 0.606. The van der Waals surface area contributed by atoms with E-state index in [1.165, 1.54) is 6.07 Å². The molecule has 0 unspecified atom stereocenters. The van der Waals surface area contributed by atoms with E-state index in [4.69, 9.17) is 5.73 Å². The maximum Gasteiger partial charge on any atom is 0.305 e. The molecule has 17 heavy (non-hydrogen) atoms. The number of carbonyl (C=O) groups excluding carboxylic acids is 1. The van der Waals surface area contributed by atoms with E-state index in [0.29, 0.717) is 19.5 Å². The maximum absolute atomic E-state index is 13.0. The van der Waals surface area contributed by atoms with Crippen LogP contribution in [0.25, 0.3) is 0 Å². The third-order valence-corrected chi connectivity index (χ3v) is 2.07. The Hall–Kier alpha value is -2.02. The van der Waals surface area contributed by atoms with Crippen LogP contribution in [0, 0.1) is 15.9 Å². The van der Waals surface area contributed by atoms with E-state index in [1.54, 1.807) is 0 Å². The second-order valence-electron chi connectivity index (χ2n) is 3.32. The molecule has 0 aliphatic carbocycles. The van der Waals surface area contributed by atoms with Crippen LogP contribution in [0.4, 0.5) is 10.1 Å². The van der Waals surface area contributed by atoms with Gasteiger partial charge in [-0.2, -0.15) is 4.39 Å². The van der Waals surface area contributed by atoms with Gasteiger partial charge in [0.25, 0.3) is 5.91 Å². The van der Waals surface area contributed by atoms with Gasteiger partial charge in [-0.1, -0.05) is 0 Å². The average molecular weight is 241 g/mol. The van der Waals surface area contributed by atoms with Crippen molar-refractivity contribution in [1.29, 1.82) is 0 Å². The number of nitrogens with zero attached hydrogens (tertiary/aromatic N) is 1. The Morgan fingerprint density at radius 3 is 2.82 bits per heavy atom. The molecule has 0 aliphatic heterocycles. The Kier molecular flexibility index (Phi) is 4.53. The topological polar surface area (TPSA) is 98.3 Å². The van der Waals surface area contributed by atoms with Gasteiger partial charge in [0, 0.05) is 18.2 Å². The summed E-state index contributed by atoms with van der Waals surface area (Å²) < 4.78 is 13.0. The molecule has 0 aliphatic rings. The van der Waals surface area contributed by atoms with Crippen LogP contribution in [0.5, 0.6) is 0 Å². The highest BCUT2D eigenvalue weighted by Gasteiger charge is 2.17. The smallest absolute Gasteiger partial charge is 0.305 e. The lowest BCUT2D eigenvalue weighted by Gasteiger charge is -2.04. The number of rotatable bonds is 5. The molecule has 0 atom stereocenters. The number of nitrogens with two attached hydrogens (primary N) is 1. The van der Waals surface area contributed by atoms with E-state index in [-0.39, 0.29) is 5.56 Å². The molecule has 0 saturated heterocycles. The van der Waals surface area contributed by atoms with Gasteiger partial charge in [0.1, 0.15) is 0 Å². The predicted octanol–water partition coefficient (Wildman–Crippen LogP) is 0.812. The molecule has 0 radical (unpaired) electrons. The molecule has 7 heteroatoms. The molecule has 0 spiro atoms. The summed E-state index contributed by atoms with van der Waals surface area (Å²) in [7, 11) is 0. The molecule has 3 N–H and O–H groups in total. The Labute approximate surface area is 96.8 Å². The second-order valence-corrected chi connectivity index (χ2v) is 3.32. The summed E-state index contributed by atoms with van der Waals surface area (Å²) in [5, 5.41) is 13.0. The van der Waals surface area contributed by atoms with Crippen LogP contribution in [0.2, 0.25) is 0 Å². The Balaban J connectivity index is 2.81. The number of hydrogen-bond donors (Lipinski definition) is 2. The van der Waals surface area contributed by atoms with Crippen molar-refractivity contribution in [3.63, 3.8) is 0 Å². The molecule has 0 heterocycles. The van der Waals surface area contributed by atoms with Gasteiger partial charge in [-0.15, -0.1) is 0 Å². The summed E-state index contributed by atoms with van der Waals surface area (Å²) in [4.78, 5) is 21.1. The monoisotopic (exact) mass is 241 g/mol. The molecular formula is C10H12FN3O3. The van der Waals surface area contributed by atoms with Crippen molar-refractivity contribution in [2.24, 2.45) is 5.73 Å². The molecule has 0 saturated carbocycles. The van der Waals surface area contributed by atoms with Crippen LogP contribution < -0.4 is 11.1 Å². The van der Waals surface area contributed by atoms with E-state index in [0.717, 1.165) is 12.1 Å². The fraction of sp³-hybridized carbons (Fsp3) is 0.300. The molecule has 1 amide bonds. The highest BCUT2D eigenvalue weighted by molar-refractivity contribution is 5.94. The van der Waals surface area contributed by atoms with Crippen LogP contribution in [-0.2, 0) is 0 Å². The van der Waals surface area contributed by atoms with Gasteiger partial charge in [-0.3, -0.25) is 14.9 Å². The molecule has 92 valence electrons. The largest absolute Gasteiger partial charge is 0.352 e. The summed E-state index contributed by atoms with van der Waals surface area (Å²) in [6.45, 7) is 0.810. The number of nitro groups is 1. The summed E-state index contributed by atoms with van der Waals surface area (Å²) >= 11 is 0. The second kappa shape index (κ2) is 5.90. The highest BCUT2D eigenvalue weighted by Crippen LogP contribution is 2.18. The van der Waals surface area contributed by atoms with Gasteiger partial charge in [-0.25, -0.2) is 0 Å². The quantitative estimate of drug-likeness (QED) is 0.452. The van der Waals surface area contributed by atoms with E-state index >= 15 is 0 Å². The Morgan fingerprint density at radius 2 is 2.24 bits per heavy atom. The Bertz CT molecular complexity index is 437. The predicted molar refractivity (Wildman–Crippen MR) is 59.1 cm³/mol. The minimum atomic E-state index is -0.964. The molecule has 0 aromatic heterocycles. The van der Waals surface area contributed by atoms with Crippen LogP contribution in [0.3, 0.4) is 0 Å². The average Bonchev–Trinajstić information content (AvgIpc) is 2.29. The van der Waals surface area contributed by atoms with Crippen molar-refractivity contribution in [3.8, 4) is 0 Å². The molecule has 0 fully saturated rings. The summed E-state index contributed by atoms with van der Waals surface area (Å²) in [5.41, 5.74) is 4.59. The highest BCUT2D eigenvalue weighted by atomic mass is 19.1. The SMILES string of the molecule is NCCCNC(=O)c1ccc(F)c([N+](=O)[O-])c1. The maximum atomic E-state index is 13.0. The van der Waals surface area contributed by atoms with Crippen LogP contribution in [0.1, 0.15) is 16.8 Å². The third-order valence-electron chi connectivity index (χ3n) is 2.07. The van der Waals surface area contributed by atoms with Crippen molar-refractivity contribution >= 4 is 11.6 Å². The lowest BCUT2D eigenvalue weighted by molar-refractivity contribution is -0.387. The van der Waals surface area contributed by atoms with E-state index in [2.05, 4.69) is 5.32 Å². The first-order valence-electron chi connectivity index (χ1n) is 4.98. The molecular weight excluding hydrogens is 229 g/mol. The number of amides is 1. The lowest BCUT2D eigenvalue weighted by Crippen LogP contribution is -2.26. The van der Waals surface area contributed by atoms with Crippen molar-refractivity contribution in [2.45, 2.75) is 6.42 Å². The van der Waals surface area contributed by atoms with Gasteiger partial charge in [0.2, 0.25) is 5.82 Å². The lowest BCUT2D eigenvalue weighted by atomic mass is 10.2. The van der Waals surface area contributed by atoms with Crippen LogP contribution in [0.15, 0.2) is 18.2 Å². The first kappa shape index (κ1) is 13.0.